The van der Waals surface area contributed by atoms with Crippen LogP contribution >= 0.6 is 23.1 Å². The number of carboxylic acid groups (broad SMARTS) is 1. The quantitative estimate of drug-likeness (QED) is 0.141. The minimum Gasteiger partial charge on any atom is -0.477 e. The maximum atomic E-state index is 12.2. The van der Waals surface area contributed by atoms with Gasteiger partial charge in [0.15, 0.2) is 5.16 Å². The smallest absolute Gasteiger partial charge is 0.345 e. The van der Waals surface area contributed by atoms with Crippen LogP contribution in [0.2, 0.25) is 0 Å². The van der Waals surface area contributed by atoms with E-state index in [9.17, 15) is 9.59 Å². The fraction of sp³-hybridized carbons (Fsp3) is 0.192. The van der Waals surface area contributed by atoms with E-state index in [2.05, 4.69) is 9.97 Å². The summed E-state index contributed by atoms with van der Waals surface area (Å²) in [6.45, 7) is 0. The van der Waals surface area contributed by atoms with Crippen LogP contribution in [0.25, 0.3) is 11.3 Å². The Morgan fingerprint density at radius 2 is 1.74 bits per heavy atom. The van der Waals surface area contributed by atoms with Crippen LogP contribution in [-0.4, -0.2) is 26.8 Å². The van der Waals surface area contributed by atoms with Crippen molar-refractivity contribution in [3.05, 3.63) is 92.9 Å². The van der Waals surface area contributed by atoms with E-state index in [1.165, 1.54) is 29.2 Å². The van der Waals surface area contributed by atoms with Crippen LogP contribution in [0.4, 0.5) is 0 Å². The predicted molar refractivity (Wildman–Crippen MR) is 136 cm³/mol. The van der Waals surface area contributed by atoms with Gasteiger partial charge in [0.25, 0.3) is 5.56 Å². The molecule has 0 aliphatic heterocycles. The molecule has 0 radical (unpaired) electrons. The number of rotatable bonds is 11. The summed E-state index contributed by atoms with van der Waals surface area (Å²) in [6, 6.07) is 22.2. The summed E-state index contributed by atoms with van der Waals surface area (Å²) in [6.07, 6.45) is 3.90. The minimum atomic E-state index is -0.868. The molecule has 0 bridgehead atoms. The summed E-state index contributed by atoms with van der Waals surface area (Å²) in [5.41, 5.74) is 1.30. The molecule has 34 heavy (non-hydrogen) atoms. The highest BCUT2D eigenvalue weighted by molar-refractivity contribution is 7.99. The summed E-state index contributed by atoms with van der Waals surface area (Å²) in [7, 11) is 0. The van der Waals surface area contributed by atoms with Gasteiger partial charge in [-0.25, -0.2) is 9.78 Å². The number of aryl methyl sites for hydroxylation is 1. The van der Waals surface area contributed by atoms with Crippen molar-refractivity contribution in [1.82, 2.24) is 9.97 Å². The lowest BCUT2D eigenvalue weighted by molar-refractivity contribution is 0.0702. The predicted octanol–water partition coefficient (Wildman–Crippen LogP) is 6.49. The molecule has 0 saturated carbocycles. The number of aromatic nitrogens is 2. The Labute approximate surface area is 205 Å². The summed E-state index contributed by atoms with van der Waals surface area (Å²) >= 11 is 2.88. The van der Waals surface area contributed by atoms with Crippen molar-refractivity contribution in [2.45, 2.75) is 30.8 Å². The van der Waals surface area contributed by atoms with Gasteiger partial charge in [-0.1, -0.05) is 36.4 Å². The monoisotopic (exact) mass is 492 g/mol. The van der Waals surface area contributed by atoms with E-state index in [4.69, 9.17) is 9.84 Å². The Kier molecular flexibility index (Phi) is 8.17. The fourth-order valence-corrected chi connectivity index (χ4v) is 5.11. The second kappa shape index (κ2) is 11.7. The van der Waals surface area contributed by atoms with Crippen LogP contribution in [0.3, 0.4) is 0 Å². The molecule has 2 aromatic heterocycles. The van der Waals surface area contributed by atoms with Gasteiger partial charge in [0.1, 0.15) is 16.4 Å². The molecule has 2 heterocycles. The molecule has 0 fully saturated rings. The van der Waals surface area contributed by atoms with E-state index in [0.717, 1.165) is 53.4 Å². The number of carboxylic acids is 1. The summed E-state index contributed by atoms with van der Waals surface area (Å²) < 4.78 is 5.82. The average Bonchev–Trinajstić information content (AvgIpc) is 3.32. The van der Waals surface area contributed by atoms with Crippen molar-refractivity contribution >= 4 is 29.1 Å². The number of nitrogens with zero attached hydrogens (tertiary/aromatic N) is 1. The molecule has 0 saturated heterocycles. The number of ether oxygens (including phenoxy) is 1. The number of nitrogens with one attached hydrogen (secondary N) is 1. The SMILES string of the molecule is O=C(O)c1ccc(CCCCCSc2nc(-c3ccc(Oc4ccccc4)cc3)cc(=O)[nH]2)s1. The Balaban J connectivity index is 1.27. The molecule has 0 spiro atoms. The summed E-state index contributed by atoms with van der Waals surface area (Å²) in [4.78, 5) is 32.0. The zero-order valence-corrected chi connectivity index (χ0v) is 20.0. The van der Waals surface area contributed by atoms with Gasteiger partial charge in [0.2, 0.25) is 0 Å². The largest absolute Gasteiger partial charge is 0.477 e. The van der Waals surface area contributed by atoms with Gasteiger partial charge in [-0.15, -0.1) is 11.3 Å². The molecule has 0 unspecified atom stereocenters. The third-order valence-electron chi connectivity index (χ3n) is 5.03. The molecule has 2 N–H and O–H groups in total. The standard InChI is InChI=1S/C26H24N2O4S2/c29-24-17-22(18-10-12-20(13-11-18)32-19-7-3-1-4-8-19)27-26(28-24)33-16-6-2-5-9-21-14-15-23(34-21)25(30)31/h1,3-4,7-8,10-15,17H,2,5-6,9,16H2,(H,30,31)(H,27,28,29). The third kappa shape index (κ3) is 6.82. The van der Waals surface area contributed by atoms with E-state index in [1.54, 1.807) is 6.07 Å². The zero-order chi connectivity index (χ0) is 23.8. The van der Waals surface area contributed by atoms with Crippen molar-refractivity contribution in [2.75, 3.05) is 5.75 Å². The Morgan fingerprint density at radius 3 is 2.47 bits per heavy atom. The van der Waals surface area contributed by atoms with Gasteiger partial charge < -0.3 is 14.8 Å². The lowest BCUT2D eigenvalue weighted by atomic mass is 10.1. The van der Waals surface area contributed by atoms with Crippen molar-refractivity contribution < 1.29 is 14.6 Å². The van der Waals surface area contributed by atoms with Crippen LogP contribution in [0.1, 0.15) is 33.8 Å². The Bertz CT molecular complexity index is 1280. The second-order valence-electron chi connectivity index (χ2n) is 7.61. The number of carbonyl (C=O) groups is 1. The van der Waals surface area contributed by atoms with E-state index in [0.29, 0.717) is 15.7 Å². The van der Waals surface area contributed by atoms with E-state index in [1.807, 2.05) is 60.7 Å². The molecule has 4 rings (SSSR count). The van der Waals surface area contributed by atoms with Crippen LogP contribution < -0.4 is 10.3 Å². The number of thioether (sulfide) groups is 1. The normalized spacial score (nSPS) is 10.8. The van der Waals surface area contributed by atoms with Crippen LogP contribution in [0, 0.1) is 0 Å². The molecule has 174 valence electrons. The Hall–Kier alpha value is -3.36. The fourth-order valence-electron chi connectivity index (χ4n) is 3.34. The maximum Gasteiger partial charge on any atom is 0.345 e. The van der Waals surface area contributed by atoms with Crippen LogP contribution in [0.5, 0.6) is 11.5 Å². The second-order valence-corrected chi connectivity index (χ2v) is 9.86. The molecular weight excluding hydrogens is 468 g/mol. The molecule has 6 nitrogen and oxygen atoms in total. The lowest BCUT2D eigenvalue weighted by Gasteiger charge is -2.07. The molecule has 8 heteroatoms. The van der Waals surface area contributed by atoms with Gasteiger partial charge in [-0.05, 0) is 67.8 Å². The maximum absolute atomic E-state index is 12.2. The number of aromatic carboxylic acids is 1. The van der Waals surface area contributed by atoms with Gasteiger partial charge in [0.05, 0.1) is 5.69 Å². The first-order valence-corrected chi connectivity index (χ1v) is 12.8. The van der Waals surface area contributed by atoms with Gasteiger partial charge in [-0.2, -0.15) is 0 Å². The molecule has 0 atom stereocenters. The van der Waals surface area contributed by atoms with E-state index >= 15 is 0 Å². The number of hydrogen-bond donors (Lipinski definition) is 2. The van der Waals surface area contributed by atoms with E-state index < -0.39 is 5.97 Å². The first-order chi connectivity index (χ1) is 16.6. The summed E-state index contributed by atoms with van der Waals surface area (Å²) in [5, 5.41) is 9.61. The first kappa shape index (κ1) is 23.8. The van der Waals surface area contributed by atoms with Crippen molar-refractivity contribution in [3.8, 4) is 22.8 Å². The number of hydrogen-bond acceptors (Lipinski definition) is 6. The van der Waals surface area contributed by atoms with E-state index in [-0.39, 0.29) is 5.56 Å². The molecule has 4 aromatic rings. The first-order valence-electron chi connectivity index (χ1n) is 11.0. The number of thiophene rings is 1. The highest BCUT2D eigenvalue weighted by Gasteiger charge is 2.08. The highest BCUT2D eigenvalue weighted by atomic mass is 32.2. The number of aromatic amines is 1. The average molecular weight is 493 g/mol. The molecule has 2 aromatic carbocycles. The topological polar surface area (TPSA) is 92.3 Å². The van der Waals surface area contributed by atoms with Crippen LogP contribution in [0.15, 0.2) is 82.7 Å². The highest BCUT2D eigenvalue weighted by Crippen LogP contribution is 2.26. The van der Waals surface area contributed by atoms with Crippen molar-refractivity contribution in [2.24, 2.45) is 0 Å². The van der Waals surface area contributed by atoms with Gasteiger partial charge in [-0.3, -0.25) is 4.79 Å². The molecule has 0 aliphatic rings. The molecule has 0 aliphatic carbocycles. The number of H-pyrrole nitrogens is 1. The number of benzene rings is 2. The van der Waals surface area contributed by atoms with Gasteiger partial charge in [0, 0.05) is 22.3 Å². The van der Waals surface area contributed by atoms with Crippen molar-refractivity contribution in [3.63, 3.8) is 0 Å². The zero-order valence-electron chi connectivity index (χ0n) is 18.4. The summed E-state index contributed by atoms with van der Waals surface area (Å²) in [5.74, 6) is 1.47. The number of unbranched alkanes of at least 4 members (excludes halogenated alkanes) is 2. The molecule has 0 amide bonds. The minimum absolute atomic E-state index is 0.177. The molecular formula is C26H24N2O4S2. The van der Waals surface area contributed by atoms with Gasteiger partial charge >= 0.3 is 5.97 Å². The Morgan fingerprint density at radius 1 is 0.971 bits per heavy atom. The van der Waals surface area contributed by atoms with Crippen molar-refractivity contribution in [1.29, 1.82) is 0 Å². The number of para-hydroxylation sites is 1. The third-order valence-corrected chi connectivity index (χ3v) is 7.12. The lowest BCUT2D eigenvalue weighted by Crippen LogP contribution is -2.08. The van der Waals surface area contributed by atoms with Crippen LogP contribution in [-0.2, 0) is 6.42 Å².